The van der Waals surface area contributed by atoms with Gasteiger partial charge in [-0.25, -0.2) is 9.69 Å². The lowest BCUT2D eigenvalue weighted by Crippen LogP contribution is -2.54. The summed E-state index contributed by atoms with van der Waals surface area (Å²) in [6.07, 6.45) is -0.252. The van der Waals surface area contributed by atoms with E-state index in [4.69, 9.17) is 4.74 Å². The van der Waals surface area contributed by atoms with Crippen LogP contribution in [-0.2, 0) is 14.3 Å². The van der Waals surface area contributed by atoms with Gasteiger partial charge in [0.15, 0.2) is 5.78 Å². The van der Waals surface area contributed by atoms with E-state index in [-0.39, 0.29) is 30.1 Å². The van der Waals surface area contributed by atoms with Crippen molar-refractivity contribution in [3.05, 3.63) is 29.8 Å². The molecule has 0 unspecified atom stereocenters. The van der Waals surface area contributed by atoms with Gasteiger partial charge in [-0.1, -0.05) is 0 Å². The first-order valence-corrected chi connectivity index (χ1v) is 9.76. The second-order valence-corrected chi connectivity index (χ2v) is 8.39. The van der Waals surface area contributed by atoms with Crippen molar-refractivity contribution in [2.45, 2.75) is 45.8 Å². The smallest absolute Gasteiger partial charge is 0.410 e. The predicted octanol–water partition coefficient (Wildman–Crippen LogP) is 2.07. The Morgan fingerprint density at radius 3 is 2.10 bits per heavy atom. The summed E-state index contributed by atoms with van der Waals surface area (Å²) in [5, 5.41) is 0. The number of benzene rings is 1. The Hall–Kier alpha value is -2.74. The van der Waals surface area contributed by atoms with E-state index < -0.39 is 11.6 Å². The Morgan fingerprint density at radius 1 is 1.00 bits per heavy atom. The summed E-state index contributed by atoms with van der Waals surface area (Å²) in [6, 6.07) is 5.94. The molecule has 0 bridgehead atoms. The molecule has 2 aliphatic rings. The molecule has 3 amide bonds. The summed E-state index contributed by atoms with van der Waals surface area (Å²) in [4.78, 5) is 53.8. The van der Waals surface area contributed by atoms with E-state index in [0.717, 1.165) is 0 Å². The Bertz CT molecular complexity index is 820. The van der Waals surface area contributed by atoms with Crippen molar-refractivity contribution in [1.82, 2.24) is 9.80 Å². The van der Waals surface area contributed by atoms with E-state index in [0.29, 0.717) is 37.4 Å². The molecule has 3 rings (SSSR count). The van der Waals surface area contributed by atoms with Crippen molar-refractivity contribution in [2.24, 2.45) is 0 Å². The summed E-state index contributed by atoms with van der Waals surface area (Å²) in [7, 11) is 0. The van der Waals surface area contributed by atoms with E-state index in [1.165, 1.54) is 11.8 Å². The van der Waals surface area contributed by atoms with Gasteiger partial charge < -0.3 is 9.64 Å². The van der Waals surface area contributed by atoms with Crippen molar-refractivity contribution in [3.63, 3.8) is 0 Å². The van der Waals surface area contributed by atoms with Crippen LogP contribution in [0, 0.1) is 0 Å². The first-order chi connectivity index (χ1) is 13.6. The number of piperazine rings is 1. The number of carbonyl (C=O) groups excluding carboxylic acids is 4. The molecule has 0 N–H and O–H groups in total. The van der Waals surface area contributed by atoms with Gasteiger partial charge in [0.25, 0.3) is 5.91 Å². The fraction of sp³-hybridized carbons (Fsp3) is 0.524. The van der Waals surface area contributed by atoms with Crippen LogP contribution in [-0.4, -0.2) is 71.3 Å². The number of amides is 3. The topological polar surface area (TPSA) is 87.2 Å². The molecular formula is C21H27N3O5. The van der Waals surface area contributed by atoms with Gasteiger partial charge in [-0.3, -0.25) is 19.3 Å². The third kappa shape index (κ3) is 4.64. The predicted molar refractivity (Wildman–Crippen MR) is 107 cm³/mol. The van der Waals surface area contributed by atoms with Crippen LogP contribution in [0.4, 0.5) is 10.5 Å². The minimum atomic E-state index is -0.555. The van der Waals surface area contributed by atoms with Gasteiger partial charge in [-0.15, -0.1) is 0 Å². The lowest BCUT2D eigenvalue weighted by Gasteiger charge is -2.37. The third-order valence-corrected chi connectivity index (χ3v) is 5.06. The molecule has 1 aromatic carbocycles. The Morgan fingerprint density at radius 2 is 1.59 bits per heavy atom. The van der Waals surface area contributed by atoms with Crippen molar-refractivity contribution in [3.8, 4) is 0 Å². The number of ether oxygens (including phenoxy) is 1. The minimum absolute atomic E-state index is 0.0728. The van der Waals surface area contributed by atoms with Crippen molar-refractivity contribution < 1.29 is 23.9 Å². The van der Waals surface area contributed by atoms with E-state index in [2.05, 4.69) is 0 Å². The maximum Gasteiger partial charge on any atom is 0.410 e. The normalized spacial score (nSPS) is 20.9. The Balaban J connectivity index is 1.63. The van der Waals surface area contributed by atoms with Crippen LogP contribution in [0.25, 0.3) is 0 Å². The van der Waals surface area contributed by atoms with Crippen LogP contribution in [0.3, 0.4) is 0 Å². The lowest BCUT2D eigenvalue weighted by atomic mass is 10.1. The maximum atomic E-state index is 12.9. The summed E-state index contributed by atoms with van der Waals surface area (Å²) < 4.78 is 5.39. The van der Waals surface area contributed by atoms with E-state index in [1.54, 1.807) is 29.2 Å². The van der Waals surface area contributed by atoms with Crippen LogP contribution < -0.4 is 4.90 Å². The highest BCUT2D eigenvalue weighted by Crippen LogP contribution is 2.27. The highest BCUT2D eigenvalue weighted by molar-refractivity contribution is 6.22. The summed E-state index contributed by atoms with van der Waals surface area (Å²) in [5.41, 5.74) is 0.447. The average molecular weight is 401 g/mol. The van der Waals surface area contributed by atoms with Gasteiger partial charge in [0.1, 0.15) is 5.60 Å². The fourth-order valence-corrected chi connectivity index (χ4v) is 3.56. The van der Waals surface area contributed by atoms with E-state index >= 15 is 0 Å². The first kappa shape index (κ1) is 21.0. The van der Waals surface area contributed by atoms with Crippen molar-refractivity contribution in [1.29, 1.82) is 0 Å². The maximum absolute atomic E-state index is 12.9. The highest BCUT2D eigenvalue weighted by atomic mass is 16.6. The number of rotatable bonds is 3. The summed E-state index contributed by atoms with van der Waals surface area (Å²) in [5.74, 6) is -0.599. The second-order valence-electron chi connectivity index (χ2n) is 8.39. The number of carbonyl (C=O) groups is 4. The monoisotopic (exact) mass is 401 g/mol. The van der Waals surface area contributed by atoms with Crippen LogP contribution in [0.15, 0.2) is 24.3 Å². The molecule has 0 radical (unpaired) electrons. The van der Waals surface area contributed by atoms with Gasteiger partial charge in [0, 0.05) is 31.7 Å². The molecule has 2 saturated heterocycles. The number of hydrogen-bond acceptors (Lipinski definition) is 6. The highest BCUT2D eigenvalue weighted by Gasteiger charge is 2.43. The quantitative estimate of drug-likeness (QED) is 0.569. The zero-order valence-corrected chi connectivity index (χ0v) is 17.3. The Labute approximate surface area is 170 Å². The molecule has 0 aliphatic carbocycles. The molecule has 2 aliphatic heterocycles. The molecule has 2 heterocycles. The molecular weight excluding hydrogens is 374 g/mol. The number of Topliss-reactive ketones (excluding diaryl/α,β-unsaturated/α-hetero) is 1. The zero-order chi connectivity index (χ0) is 21.3. The number of nitrogens with zero attached hydrogens (tertiary/aromatic N) is 3. The first-order valence-electron chi connectivity index (χ1n) is 9.76. The number of hydrogen-bond donors (Lipinski definition) is 0. The molecule has 1 aromatic rings. The largest absolute Gasteiger partial charge is 0.444 e. The van der Waals surface area contributed by atoms with Gasteiger partial charge in [-0.2, -0.15) is 0 Å². The van der Waals surface area contributed by atoms with Crippen LogP contribution in [0.2, 0.25) is 0 Å². The molecule has 2 fully saturated rings. The number of anilines is 1. The van der Waals surface area contributed by atoms with Crippen LogP contribution >= 0.6 is 0 Å². The third-order valence-electron chi connectivity index (χ3n) is 5.06. The molecule has 0 spiro atoms. The molecule has 156 valence electrons. The van der Waals surface area contributed by atoms with E-state index in [1.807, 2.05) is 25.7 Å². The van der Waals surface area contributed by atoms with Gasteiger partial charge >= 0.3 is 6.09 Å². The molecule has 0 saturated carbocycles. The second kappa shape index (κ2) is 7.94. The fourth-order valence-electron chi connectivity index (χ4n) is 3.56. The minimum Gasteiger partial charge on any atom is -0.444 e. The van der Waals surface area contributed by atoms with Crippen LogP contribution in [0.5, 0.6) is 0 Å². The molecule has 29 heavy (non-hydrogen) atoms. The number of imide groups is 1. The van der Waals surface area contributed by atoms with Gasteiger partial charge in [0.2, 0.25) is 5.91 Å². The molecule has 8 nitrogen and oxygen atoms in total. The zero-order valence-electron chi connectivity index (χ0n) is 17.3. The summed E-state index contributed by atoms with van der Waals surface area (Å²) >= 11 is 0. The summed E-state index contributed by atoms with van der Waals surface area (Å²) in [6.45, 7) is 8.82. The molecule has 1 atom stereocenters. The average Bonchev–Trinajstić information content (AvgIpc) is 2.95. The van der Waals surface area contributed by atoms with Gasteiger partial charge in [0.05, 0.1) is 18.2 Å². The van der Waals surface area contributed by atoms with Crippen LogP contribution in [0.1, 0.15) is 44.5 Å². The lowest BCUT2D eigenvalue weighted by molar-refractivity contribution is -0.123. The standard InChI is InChI=1S/C21H27N3O5/c1-14(25)15-5-7-16(8-6-15)24-18(26)13-17(19(24)27)22-9-11-23(12-10-22)20(28)29-21(2,3)4/h5-8,17H,9-13H2,1-4H3/t17-/m1/s1. The van der Waals surface area contributed by atoms with Gasteiger partial charge in [-0.05, 0) is 52.0 Å². The van der Waals surface area contributed by atoms with Crippen molar-refractivity contribution in [2.75, 3.05) is 31.1 Å². The SMILES string of the molecule is CC(=O)c1ccc(N2C(=O)C[C@@H](N3CCN(C(=O)OC(C)(C)C)CC3)C2=O)cc1. The molecule has 0 aromatic heterocycles. The van der Waals surface area contributed by atoms with E-state index in [9.17, 15) is 19.2 Å². The Kier molecular flexibility index (Phi) is 5.75. The molecule has 8 heteroatoms. The van der Waals surface area contributed by atoms with Crippen molar-refractivity contribution >= 4 is 29.4 Å². The number of ketones is 1.